The highest BCUT2D eigenvalue weighted by Gasteiger charge is 2.10. The molecule has 1 aromatic carbocycles. The Balaban J connectivity index is 2.81. The molecule has 0 amide bonds. The number of benzene rings is 1. The van der Waals surface area contributed by atoms with Crippen LogP contribution in [0.4, 0.5) is 11.4 Å². The van der Waals surface area contributed by atoms with Gasteiger partial charge in [-0.05, 0) is 19.4 Å². The molecule has 0 aliphatic carbocycles. The standard InChI is InChI=1S/C11H15N3O2/c1-3-6-9(2)12-13-10-7-4-5-8-11(10)14(15)16/h4-5,7-8,13H,3,6H2,1-2H3/b12-9-. The van der Waals surface area contributed by atoms with Crippen molar-refractivity contribution in [1.29, 1.82) is 0 Å². The van der Waals surface area contributed by atoms with E-state index in [0.29, 0.717) is 5.69 Å². The molecule has 0 fully saturated rings. The molecular weight excluding hydrogens is 206 g/mol. The summed E-state index contributed by atoms with van der Waals surface area (Å²) in [6.07, 6.45) is 1.89. The van der Waals surface area contributed by atoms with Crippen LogP contribution in [0.3, 0.4) is 0 Å². The number of anilines is 1. The second kappa shape index (κ2) is 5.85. The van der Waals surface area contributed by atoms with Gasteiger partial charge in [-0.1, -0.05) is 25.5 Å². The van der Waals surface area contributed by atoms with Crippen LogP contribution in [-0.4, -0.2) is 10.6 Å². The maximum absolute atomic E-state index is 10.7. The van der Waals surface area contributed by atoms with Gasteiger partial charge >= 0.3 is 0 Å². The number of para-hydroxylation sites is 2. The van der Waals surface area contributed by atoms with Crippen molar-refractivity contribution in [3.63, 3.8) is 0 Å². The number of nitro benzene ring substituents is 1. The van der Waals surface area contributed by atoms with Crippen LogP contribution in [0.25, 0.3) is 0 Å². The summed E-state index contributed by atoms with van der Waals surface area (Å²) in [6, 6.07) is 6.46. The summed E-state index contributed by atoms with van der Waals surface area (Å²) in [5, 5.41) is 14.8. The van der Waals surface area contributed by atoms with Gasteiger partial charge in [-0.15, -0.1) is 0 Å². The Morgan fingerprint density at radius 2 is 2.19 bits per heavy atom. The molecule has 5 nitrogen and oxygen atoms in total. The molecular formula is C11H15N3O2. The van der Waals surface area contributed by atoms with Gasteiger partial charge in [-0.25, -0.2) is 0 Å². The van der Waals surface area contributed by atoms with E-state index in [-0.39, 0.29) is 5.69 Å². The SMILES string of the molecule is CCC/C(C)=N\Nc1ccccc1[N+](=O)[O-]. The Kier molecular flexibility index (Phi) is 4.44. The molecule has 0 heterocycles. The summed E-state index contributed by atoms with van der Waals surface area (Å²) < 4.78 is 0. The minimum absolute atomic E-state index is 0.0375. The molecule has 0 aromatic heterocycles. The highest BCUT2D eigenvalue weighted by Crippen LogP contribution is 2.22. The van der Waals surface area contributed by atoms with Crippen molar-refractivity contribution in [3.8, 4) is 0 Å². The van der Waals surface area contributed by atoms with E-state index in [9.17, 15) is 10.1 Å². The second-order valence-corrected chi connectivity index (χ2v) is 3.48. The van der Waals surface area contributed by atoms with Gasteiger partial charge in [-0.2, -0.15) is 5.10 Å². The van der Waals surface area contributed by atoms with Crippen LogP contribution >= 0.6 is 0 Å². The fraction of sp³-hybridized carbons (Fsp3) is 0.364. The van der Waals surface area contributed by atoms with Crippen molar-refractivity contribution in [2.24, 2.45) is 5.10 Å². The summed E-state index contributed by atoms with van der Waals surface area (Å²) in [6.45, 7) is 3.95. The van der Waals surface area contributed by atoms with Crippen molar-refractivity contribution in [2.75, 3.05) is 5.43 Å². The summed E-state index contributed by atoms with van der Waals surface area (Å²) >= 11 is 0. The molecule has 0 radical (unpaired) electrons. The smallest absolute Gasteiger partial charge is 0.272 e. The largest absolute Gasteiger partial charge is 0.294 e. The van der Waals surface area contributed by atoms with Gasteiger partial charge in [0.05, 0.1) is 4.92 Å². The van der Waals surface area contributed by atoms with Crippen molar-refractivity contribution in [1.82, 2.24) is 0 Å². The van der Waals surface area contributed by atoms with Crippen LogP contribution in [0.2, 0.25) is 0 Å². The van der Waals surface area contributed by atoms with Crippen molar-refractivity contribution in [2.45, 2.75) is 26.7 Å². The summed E-state index contributed by atoms with van der Waals surface area (Å²) in [5.41, 5.74) is 4.11. The van der Waals surface area contributed by atoms with E-state index in [0.717, 1.165) is 18.6 Å². The van der Waals surface area contributed by atoms with Crippen molar-refractivity contribution >= 4 is 17.1 Å². The molecule has 0 unspecified atom stereocenters. The van der Waals surface area contributed by atoms with E-state index in [2.05, 4.69) is 17.5 Å². The lowest BCUT2D eigenvalue weighted by atomic mass is 10.2. The van der Waals surface area contributed by atoms with Crippen LogP contribution < -0.4 is 5.43 Å². The van der Waals surface area contributed by atoms with Crippen LogP contribution in [0, 0.1) is 10.1 Å². The molecule has 16 heavy (non-hydrogen) atoms. The van der Waals surface area contributed by atoms with Crippen molar-refractivity contribution in [3.05, 3.63) is 34.4 Å². The molecule has 5 heteroatoms. The lowest BCUT2D eigenvalue weighted by Crippen LogP contribution is -1.99. The van der Waals surface area contributed by atoms with Gasteiger partial charge in [0.1, 0.15) is 5.69 Å². The Morgan fingerprint density at radius 1 is 1.50 bits per heavy atom. The first-order chi connectivity index (χ1) is 7.65. The van der Waals surface area contributed by atoms with Crippen LogP contribution in [0.15, 0.2) is 29.4 Å². The summed E-state index contributed by atoms with van der Waals surface area (Å²) in [7, 11) is 0. The Hall–Kier alpha value is -1.91. The maximum atomic E-state index is 10.7. The Labute approximate surface area is 94.3 Å². The first-order valence-corrected chi connectivity index (χ1v) is 5.17. The Bertz CT molecular complexity index is 402. The third kappa shape index (κ3) is 3.34. The average Bonchev–Trinajstić information content (AvgIpc) is 2.27. The molecule has 0 bridgehead atoms. The van der Waals surface area contributed by atoms with Crippen LogP contribution in [-0.2, 0) is 0 Å². The van der Waals surface area contributed by atoms with E-state index in [1.54, 1.807) is 18.2 Å². The van der Waals surface area contributed by atoms with E-state index < -0.39 is 4.92 Å². The van der Waals surface area contributed by atoms with Gasteiger partial charge in [0, 0.05) is 11.8 Å². The molecule has 0 aliphatic heterocycles. The number of hydrogen-bond acceptors (Lipinski definition) is 4. The average molecular weight is 221 g/mol. The zero-order valence-electron chi connectivity index (χ0n) is 9.43. The number of hydrogen-bond donors (Lipinski definition) is 1. The van der Waals surface area contributed by atoms with E-state index >= 15 is 0 Å². The molecule has 0 atom stereocenters. The molecule has 1 aromatic rings. The maximum Gasteiger partial charge on any atom is 0.294 e. The molecule has 0 spiro atoms. The first kappa shape index (κ1) is 12.2. The molecule has 1 N–H and O–H groups in total. The topological polar surface area (TPSA) is 67.5 Å². The van der Waals surface area contributed by atoms with Gasteiger partial charge in [0.2, 0.25) is 0 Å². The van der Waals surface area contributed by atoms with E-state index in [1.165, 1.54) is 6.07 Å². The lowest BCUT2D eigenvalue weighted by Gasteiger charge is -2.03. The number of nitro groups is 1. The number of nitrogens with one attached hydrogen (secondary N) is 1. The van der Waals surface area contributed by atoms with E-state index in [4.69, 9.17) is 0 Å². The first-order valence-electron chi connectivity index (χ1n) is 5.17. The molecule has 0 saturated heterocycles. The summed E-state index contributed by atoms with van der Waals surface area (Å²) in [4.78, 5) is 10.3. The van der Waals surface area contributed by atoms with E-state index in [1.807, 2.05) is 6.92 Å². The minimum Gasteiger partial charge on any atom is -0.272 e. The third-order valence-corrected chi connectivity index (χ3v) is 2.08. The number of hydrazone groups is 1. The zero-order valence-corrected chi connectivity index (χ0v) is 9.43. The number of nitrogens with zero attached hydrogens (tertiary/aromatic N) is 2. The normalized spacial score (nSPS) is 11.2. The van der Waals surface area contributed by atoms with Crippen LogP contribution in [0.5, 0.6) is 0 Å². The van der Waals surface area contributed by atoms with Gasteiger partial charge in [0.15, 0.2) is 0 Å². The molecule has 0 aliphatic rings. The number of rotatable bonds is 5. The predicted molar refractivity (Wildman–Crippen MR) is 64.7 cm³/mol. The fourth-order valence-corrected chi connectivity index (χ4v) is 1.30. The minimum atomic E-state index is -0.424. The third-order valence-electron chi connectivity index (χ3n) is 2.08. The highest BCUT2D eigenvalue weighted by molar-refractivity contribution is 5.82. The fourth-order valence-electron chi connectivity index (χ4n) is 1.30. The zero-order chi connectivity index (χ0) is 12.0. The molecule has 1 rings (SSSR count). The van der Waals surface area contributed by atoms with Crippen LogP contribution in [0.1, 0.15) is 26.7 Å². The highest BCUT2D eigenvalue weighted by atomic mass is 16.6. The second-order valence-electron chi connectivity index (χ2n) is 3.48. The lowest BCUT2D eigenvalue weighted by molar-refractivity contribution is -0.384. The van der Waals surface area contributed by atoms with Crippen molar-refractivity contribution < 1.29 is 4.92 Å². The summed E-state index contributed by atoms with van der Waals surface area (Å²) in [5.74, 6) is 0. The molecule has 86 valence electrons. The Morgan fingerprint density at radius 3 is 2.81 bits per heavy atom. The van der Waals surface area contributed by atoms with Gasteiger partial charge < -0.3 is 0 Å². The predicted octanol–water partition coefficient (Wildman–Crippen LogP) is 3.18. The molecule has 0 saturated carbocycles. The van der Waals surface area contributed by atoms with Gasteiger partial charge in [0.25, 0.3) is 5.69 Å². The quantitative estimate of drug-likeness (QED) is 0.471. The monoisotopic (exact) mass is 221 g/mol. The van der Waals surface area contributed by atoms with Gasteiger partial charge in [-0.3, -0.25) is 15.5 Å².